The van der Waals surface area contributed by atoms with Crippen molar-refractivity contribution in [3.8, 4) is 11.3 Å². The van der Waals surface area contributed by atoms with E-state index in [2.05, 4.69) is 31.3 Å². The maximum absolute atomic E-state index is 13.4. The molecule has 13 heteroatoms. The van der Waals surface area contributed by atoms with E-state index in [4.69, 9.17) is 10.2 Å². The third kappa shape index (κ3) is 4.12. The Morgan fingerprint density at radius 1 is 1.38 bits per heavy atom. The summed E-state index contributed by atoms with van der Waals surface area (Å²) < 4.78 is 47.7. The zero-order valence-corrected chi connectivity index (χ0v) is 18.6. The number of anilines is 1. The Bertz CT molecular complexity index is 1330. The number of rotatable bonds is 5. The van der Waals surface area contributed by atoms with Crippen molar-refractivity contribution >= 4 is 55.0 Å². The number of amides is 2. The van der Waals surface area contributed by atoms with E-state index >= 15 is 0 Å². The van der Waals surface area contributed by atoms with Gasteiger partial charge in [0.1, 0.15) is 27.7 Å². The van der Waals surface area contributed by atoms with E-state index in [-0.39, 0.29) is 38.6 Å². The monoisotopic (exact) mass is 527 g/mol. The van der Waals surface area contributed by atoms with E-state index in [9.17, 15) is 22.8 Å². The van der Waals surface area contributed by atoms with Crippen LogP contribution in [0.2, 0.25) is 0 Å². The number of alkyl halides is 3. The number of primary amides is 1. The number of carbonyl (C=O) groups excluding carboxylic acids is 2. The molecule has 2 amide bonds. The first-order valence-corrected chi connectivity index (χ1v) is 10.5. The van der Waals surface area contributed by atoms with Gasteiger partial charge >= 0.3 is 6.18 Å². The van der Waals surface area contributed by atoms with Crippen LogP contribution in [0.25, 0.3) is 21.5 Å². The average molecular weight is 528 g/mol. The van der Waals surface area contributed by atoms with Gasteiger partial charge in [-0.15, -0.1) is 11.3 Å². The summed E-state index contributed by atoms with van der Waals surface area (Å²) in [5, 5.41) is 6.87. The van der Waals surface area contributed by atoms with Gasteiger partial charge in [0.25, 0.3) is 5.91 Å². The summed E-state index contributed by atoms with van der Waals surface area (Å²) in [6, 6.07) is 3.78. The first-order valence-electron chi connectivity index (χ1n) is 8.92. The average Bonchev–Trinajstić information content (AvgIpc) is 3.41. The smallest absolute Gasteiger partial charge is 0.433 e. The lowest BCUT2D eigenvalue weighted by Crippen LogP contribution is -2.21. The Morgan fingerprint density at radius 3 is 2.69 bits per heavy atom. The quantitative estimate of drug-likeness (QED) is 0.394. The summed E-state index contributed by atoms with van der Waals surface area (Å²) in [4.78, 5) is 28.1. The van der Waals surface area contributed by atoms with Crippen molar-refractivity contribution in [3.05, 3.63) is 51.4 Å². The minimum atomic E-state index is -4.73. The molecule has 166 valence electrons. The van der Waals surface area contributed by atoms with Crippen LogP contribution in [0.1, 0.15) is 21.1 Å². The number of aryl methyl sites for hydroxylation is 1. The van der Waals surface area contributed by atoms with Crippen molar-refractivity contribution in [3.63, 3.8) is 0 Å². The van der Waals surface area contributed by atoms with Gasteiger partial charge in [0.05, 0.1) is 22.1 Å². The molecule has 4 aromatic rings. The zero-order valence-electron chi connectivity index (χ0n) is 16.2. The number of thiophene rings is 1. The van der Waals surface area contributed by atoms with Gasteiger partial charge in [-0.25, -0.2) is 4.98 Å². The molecule has 0 atom stereocenters. The Labute approximate surface area is 190 Å². The summed E-state index contributed by atoms with van der Waals surface area (Å²) in [6.45, 7) is 1.54. The van der Waals surface area contributed by atoms with E-state index < -0.39 is 23.7 Å². The fourth-order valence-electron chi connectivity index (χ4n) is 3.06. The number of furan rings is 1. The van der Waals surface area contributed by atoms with Gasteiger partial charge in [-0.05, 0) is 41.1 Å². The number of aromatic nitrogens is 3. The third-order valence-corrected chi connectivity index (χ3v) is 6.30. The number of fused-ring (bicyclic) bond motifs is 1. The minimum Gasteiger partial charge on any atom is -0.464 e. The molecule has 0 bridgehead atoms. The maximum atomic E-state index is 13.4. The van der Waals surface area contributed by atoms with Crippen LogP contribution in [0.4, 0.5) is 18.9 Å². The Balaban J connectivity index is 1.86. The number of carbonyl (C=O) groups is 2. The van der Waals surface area contributed by atoms with Gasteiger partial charge in [0.2, 0.25) is 5.91 Å². The second-order valence-corrected chi connectivity index (χ2v) is 8.54. The Kier molecular flexibility index (Phi) is 5.54. The number of nitrogens with two attached hydrogens (primary N) is 1. The van der Waals surface area contributed by atoms with Gasteiger partial charge in [0.15, 0.2) is 0 Å². The normalized spacial score (nSPS) is 11.8. The molecule has 4 aromatic heterocycles. The van der Waals surface area contributed by atoms with Crippen LogP contribution >= 0.6 is 27.3 Å². The van der Waals surface area contributed by atoms with Gasteiger partial charge in [0, 0.05) is 17.1 Å². The molecule has 0 unspecified atom stereocenters. The number of pyridine rings is 1. The third-order valence-electron chi connectivity index (χ3n) is 4.42. The molecule has 0 radical (unpaired) electrons. The first-order chi connectivity index (χ1) is 15.0. The predicted molar refractivity (Wildman–Crippen MR) is 114 cm³/mol. The van der Waals surface area contributed by atoms with Crippen molar-refractivity contribution in [2.75, 3.05) is 5.32 Å². The lowest BCUT2D eigenvalue weighted by molar-refractivity contribution is -0.140. The largest absolute Gasteiger partial charge is 0.464 e. The first kappa shape index (κ1) is 22.0. The molecule has 4 heterocycles. The van der Waals surface area contributed by atoms with E-state index in [1.54, 1.807) is 13.1 Å². The van der Waals surface area contributed by atoms with Crippen LogP contribution in [0.5, 0.6) is 0 Å². The number of hydrogen-bond donors (Lipinski definition) is 2. The molecule has 0 spiro atoms. The van der Waals surface area contributed by atoms with Gasteiger partial charge in [-0.2, -0.15) is 18.3 Å². The van der Waals surface area contributed by atoms with Crippen LogP contribution in [0.3, 0.4) is 0 Å². The maximum Gasteiger partial charge on any atom is 0.433 e. The summed E-state index contributed by atoms with van der Waals surface area (Å²) >= 11 is 3.96. The molecular formula is C19H13BrF3N5O3S. The highest BCUT2D eigenvalue weighted by atomic mass is 79.9. The van der Waals surface area contributed by atoms with Gasteiger partial charge < -0.3 is 15.5 Å². The zero-order chi connectivity index (χ0) is 23.2. The summed E-state index contributed by atoms with van der Waals surface area (Å²) in [5.74, 6) is -1.37. The standard InChI is InChI=1S/C19H13BrF3N5O3S/c1-8-10(20)6-28(27-8)7-13(29)26-15-14-9(11-3-2-4-31-11)5-12(19(21,22)23)25-18(14)32-16(15)17(24)30/h2-6H,7H2,1H3,(H2,24,30)(H,26,29). The van der Waals surface area contributed by atoms with Crippen molar-refractivity contribution in [1.82, 2.24) is 14.8 Å². The number of halogens is 4. The highest BCUT2D eigenvalue weighted by Gasteiger charge is 2.35. The SMILES string of the molecule is Cc1nn(CC(=O)Nc2c(C(N)=O)sc3nc(C(F)(F)F)cc(-c4ccco4)c23)cc1Br. The van der Waals surface area contributed by atoms with Crippen molar-refractivity contribution in [2.45, 2.75) is 19.6 Å². The molecule has 8 nitrogen and oxygen atoms in total. The Hall–Kier alpha value is -3.19. The van der Waals surface area contributed by atoms with Crippen LogP contribution in [0, 0.1) is 6.92 Å². The lowest BCUT2D eigenvalue weighted by Gasteiger charge is -2.11. The molecule has 0 aromatic carbocycles. The fourth-order valence-corrected chi connectivity index (χ4v) is 4.39. The molecule has 0 saturated heterocycles. The van der Waals surface area contributed by atoms with Crippen molar-refractivity contribution < 1.29 is 27.2 Å². The summed E-state index contributed by atoms with van der Waals surface area (Å²) in [5.41, 5.74) is 4.94. The molecule has 0 aliphatic heterocycles. The highest BCUT2D eigenvalue weighted by Crippen LogP contribution is 2.43. The summed E-state index contributed by atoms with van der Waals surface area (Å²) in [7, 11) is 0. The van der Waals surface area contributed by atoms with Gasteiger partial charge in [-0.1, -0.05) is 0 Å². The molecule has 4 rings (SSSR count). The molecule has 32 heavy (non-hydrogen) atoms. The van der Waals surface area contributed by atoms with E-state index in [1.165, 1.54) is 23.1 Å². The molecule has 0 aliphatic carbocycles. The molecule has 0 aliphatic rings. The van der Waals surface area contributed by atoms with E-state index in [0.717, 1.165) is 6.07 Å². The van der Waals surface area contributed by atoms with Crippen LogP contribution in [0.15, 0.2) is 39.5 Å². The van der Waals surface area contributed by atoms with Crippen LogP contribution in [-0.4, -0.2) is 26.6 Å². The van der Waals surface area contributed by atoms with Gasteiger partial charge in [-0.3, -0.25) is 14.3 Å². The Morgan fingerprint density at radius 2 is 2.12 bits per heavy atom. The second kappa shape index (κ2) is 8.06. The van der Waals surface area contributed by atoms with E-state index in [0.29, 0.717) is 21.5 Å². The number of nitrogens with zero attached hydrogens (tertiary/aromatic N) is 3. The second-order valence-electron chi connectivity index (χ2n) is 6.69. The molecule has 3 N–H and O–H groups in total. The van der Waals surface area contributed by atoms with Crippen LogP contribution < -0.4 is 11.1 Å². The molecule has 0 fully saturated rings. The number of nitrogens with one attached hydrogen (secondary N) is 1. The minimum absolute atomic E-state index is 0.0176. The predicted octanol–water partition coefficient (Wildman–Crippen LogP) is 4.58. The molecular weight excluding hydrogens is 515 g/mol. The fraction of sp³-hybridized carbons (Fsp3) is 0.158. The van der Waals surface area contributed by atoms with Crippen molar-refractivity contribution in [1.29, 1.82) is 0 Å². The van der Waals surface area contributed by atoms with Crippen LogP contribution in [-0.2, 0) is 17.5 Å². The molecule has 0 saturated carbocycles. The lowest BCUT2D eigenvalue weighted by atomic mass is 10.1. The number of hydrogen-bond acceptors (Lipinski definition) is 6. The van der Waals surface area contributed by atoms with E-state index in [1.807, 2.05) is 0 Å². The topological polar surface area (TPSA) is 116 Å². The highest BCUT2D eigenvalue weighted by molar-refractivity contribution is 9.10. The van der Waals surface area contributed by atoms with Crippen molar-refractivity contribution in [2.24, 2.45) is 5.73 Å². The summed E-state index contributed by atoms with van der Waals surface area (Å²) in [6.07, 6.45) is -1.84.